The number of aryl methyl sites for hydroxylation is 2. The average Bonchev–Trinajstić information content (AvgIpc) is 2.55. The summed E-state index contributed by atoms with van der Waals surface area (Å²) in [5.41, 5.74) is 5.31. The van der Waals surface area contributed by atoms with Gasteiger partial charge in [-0.1, -0.05) is 42.0 Å². The zero-order valence-electron chi connectivity index (χ0n) is 16.0. The highest BCUT2D eigenvalue weighted by Crippen LogP contribution is 2.14. The lowest BCUT2D eigenvalue weighted by molar-refractivity contribution is 0.0942. The molecule has 0 fully saturated rings. The molecule has 0 atom stereocenters. The van der Waals surface area contributed by atoms with Gasteiger partial charge < -0.3 is 20.7 Å². The van der Waals surface area contributed by atoms with Gasteiger partial charge in [-0.3, -0.25) is 15.5 Å². The summed E-state index contributed by atoms with van der Waals surface area (Å²) in [7, 11) is -0.361. The van der Waals surface area contributed by atoms with Crippen molar-refractivity contribution in [2.75, 3.05) is 5.48 Å². The molecule has 0 radical (unpaired) electrons. The minimum atomic E-state index is -0.361. The van der Waals surface area contributed by atoms with Crippen LogP contribution in [-0.4, -0.2) is 28.9 Å². The third kappa shape index (κ3) is 11.3. The summed E-state index contributed by atoms with van der Waals surface area (Å²) in [6.07, 6.45) is 0. The van der Waals surface area contributed by atoms with E-state index in [0.29, 0.717) is 11.3 Å². The Bertz CT molecular complexity index is 734. The second-order valence-corrected chi connectivity index (χ2v) is 7.04. The van der Waals surface area contributed by atoms with Crippen LogP contribution in [0, 0.1) is 13.8 Å². The third-order valence-electron chi connectivity index (χ3n) is 2.97. The Kier molecular flexibility index (Phi) is 11.9. The first-order chi connectivity index (χ1) is 12.2. The SMILES string of the molecule is C=[S-](=C)N.Cc1ccc(NO)cc1C(=O)NC(C)C.Cc1ccccc1. The van der Waals surface area contributed by atoms with Crippen molar-refractivity contribution in [3.63, 3.8) is 0 Å². The van der Waals surface area contributed by atoms with E-state index in [1.807, 2.05) is 44.5 Å². The molecule has 0 saturated heterocycles. The number of rotatable bonds is 3. The Balaban J connectivity index is 0.000000467. The highest BCUT2D eigenvalue weighted by atomic mass is 32.2. The average molecular weight is 377 g/mol. The zero-order valence-corrected chi connectivity index (χ0v) is 16.8. The van der Waals surface area contributed by atoms with Crippen molar-refractivity contribution in [1.29, 1.82) is 0 Å². The number of hydrogen-bond acceptors (Lipinski definition) is 5. The van der Waals surface area contributed by atoms with E-state index in [-0.39, 0.29) is 22.2 Å². The van der Waals surface area contributed by atoms with Crippen molar-refractivity contribution >= 4 is 33.6 Å². The highest BCUT2D eigenvalue weighted by molar-refractivity contribution is 7.89. The lowest BCUT2D eigenvalue weighted by Gasteiger charge is -2.11. The van der Waals surface area contributed by atoms with Crippen LogP contribution in [0.2, 0.25) is 0 Å². The minimum Gasteiger partial charge on any atom is -0.429 e. The molecule has 1 amide bonds. The monoisotopic (exact) mass is 376 g/mol. The first-order valence-electron chi connectivity index (χ1n) is 8.08. The van der Waals surface area contributed by atoms with Gasteiger partial charge in [-0.2, -0.15) is 0 Å². The van der Waals surface area contributed by atoms with E-state index in [9.17, 15) is 4.79 Å². The summed E-state index contributed by atoms with van der Waals surface area (Å²) in [5.74, 6) is 6.54. The molecule has 144 valence electrons. The van der Waals surface area contributed by atoms with E-state index in [1.54, 1.807) is 18.2 Å². The van der Waals surface area contributed by atoms with Gasteiger partial charge in [0.25, 0.3) is 5.91 Å². The van der Waals surface area contributed by atoms with E-state index in [2.05, 4.69) is 36.1 Å². The molecule has 0 spiro atoms. The molecule has 6 heteroatoms. The molecule has 5 nitrogen and oxygen atoms in total. The fourth-order valence-corrected chi connectivity index (χ4v) is 1.81. The van der Waals surface area contributed by atoms with E-state index < -0.39 is 0 Å². The standard InChI is InChI=1S/C11H16N2O2.C7H8.C2H6NS/c1-7(2)12-11(14)10-6-9(13-15)5-4-8(10)3;1-7-5-3-2-4-6-7;1-4(2)3/h4-7,13,15H,1-3H3,(H,12,14);2-6H,1H3;1-3H2/q;;-1. The van der Waals surface area contributed by atoms with Crippen molar-refractivity contribution in [1.82, 2.24) is 5.32 Å². The van der Waals surface area contributed by atoms with Gasteiger partial charge in [0.15, 0.2) is 0 Å². The second-order valence-electron chi connectivity index (χ2n) is 5.96. The van der Waals surface area contributed by atoms with Gasteiger partial charge in [0.05, 0.1) is 5.69 Å². The number of carbonyl (C=O) groups excluding carboxylic acids is 1. The Labute approximate surface area is 158 Å². The van der Waals surface area contributed by atoms with Crippen molar-refractivity contribution in [3.8, 4) is 0 Å². The van der Waals surface area contributed by atoms with Gasteiger partial charge in [-0.05, 0) is 45.4 Å². The Morgan fingerprint density at radius 2 is 1.65 bits per heavy atom. The molecule has 2 aromatic rings. The van der Waals surface area contributed by atoms with Gasteiger partial charge in [-0.25, -0.2) is 11.7 Å². The largest absolute Gasteiger partial charge is 0.429 e. The topological polar surface area (TPSA) is 87.4 Å². The van der Waals surface area contributed by atoms with Crippen LogP contribution in [-0.2, 0) is 10.3 Å². The van der Waals surface area contributed by atoms with E-state index in [0.717, 1.165) is 5.56 Å². The van der Waals surface area contributed by atoms with Crippen LogP contribution in [0.4, 0.5) is 5.69 Å². The Morgan fingerprint density at radius 3 is 2.04 bits per heavy atom. The molecule has 0 unspecified atom stereocenters. The Hall–Kier alpha value is -2.28. The van der Waals surface area contributed by atoms with Gasteiger partial charge in [0, 0.05) is 11.6 Å². The van der Waals surface area contributed by atoms with E-state index in [4.69, 9.17) is 10.3 Å². The molecule has 0 saturated carbocycles. The van der Waals surface area contributed by atoms with Crippen molar-refractivity contribution < 1.29 is 10.0 Å². The molecular weight excluding hydrogens is 346 g/mol. The van der Waals surface area contributed by atoms with Crippen molar-refractivity contribution in [2.24, 2.45) is 5.14 Å². The fourth-order valence-electron chi connectivity index (χ4n) is 1.81. The molecule has 5 N–H and O–H groups in total. The lowest BCUT2D eigenvalue weighted by Crippen LogP contribution is -2.30. The first-order valence-corrected chi connectivity index (χ1v) is 9.71. The summed E-state index contributed by atoms with van der Waals surface area (Å²) in [6, 6.07) is 15.5. The van der Waals surface area contributed by atoms with Crippen LogP contribution in [0.15, 0.2) is 48.5 Å². The number of benzene rings is 2. The Morgan fingerprint density at radius 1 is 1.12 bits per heavy atom. The van der Waals surface area contributed by atoms with E-state index >= 15 is 0 Å². The number of amides is 1. The number of nitrogens with two attached hydrogens (primary N) is 1. The summed E-state index contributed by atoms with van der Waals surface area (Å²) in [4.78, 5) is 11.7. The summed E-state index contributed by atoms with van der Waals surface area (Å²) < 4.78 is 0. The predicted octanol–water partition coefficient (Wildman–Crippen LogP) is 3.27. The maximum Gasteiger partial charge on any atom is 0.251 e. The summed E-state index contributed by atoms with van der Waals surface area (Å²) >= 11 is 0. The predicted molar refractivity (Wildman–Crippen MR) is 116 cm³/mol. The lowest BCUT2D eigenvalue weighted by atomic mass is 10.1. The third-order valence-corrected chi connectivity index (χ3v) is 2.97. The van der Waals surface area contributed by atoms with Gasteiger partial charge in [0.1, 0.15) is 0 Å². The highest BCUT2D eigenvalue weighted by Gasteiger charge is 2.10. The molecule has 0 aromatic heterocycles. The van der Waals surface area contributed by atoms with E-state index in [1.165, 1.54) is 5.56 Å². The normalized spacial score (nSPS) is 9.54. The van der Waals surface area contributed by atoms with Crippen LogP contribution in [0.25, 0.3) is 0 Å². The van der Waals surface area contributed by atoms with Gasteiger partial charge in [-0.15, -0.1) is 0 Å². The molecule has 0 aliphatic heterocycles. The molecule has 2 rings (SSSR count). The van der Waals surface area contributed by atoms with Crippen molar-refractivity contribution in [3.05, 3.63) is 65.2 Å². The number of hydrogen-bond donors (Lipinski definition) is 4. The smallest absolute Gasteiger partial charge is 0.251 e. The van der Waals surface area contributed by atoms with Crippen LogP contribution in [0.5, 0.6) is 0 Å². The van der Waals surface area contributed by atoms with Gasteiger partial charge in [0.2, 0.25) is 0 Å². The maximum absolute atomic E-state index is 11.7. The molecule has 2 aromatic carbocycles. The van der Waals surface area contributed by atoms with Crippen LogP contribution < -0.4 is 15.9 Å². The van der Waals surface area contributed by atoms with Crippen LogP contribution >= 0.6 is 0 Å². The summed E-state index contributed by atoms with van der Waals surface area (Å²) in [6.45, 7) is 7.75. The molecule has 0 aliphatic carbocycles. The molecular formula is C20H30N3O2S-. The number of anilines is 1. The molecule has 26 heavy (non-hydrogen) atoms. The van der Waals surface area contributed by atoms with Crippen LogP contribution in [0.1, 0.15) is 35.3 Å². The van der Waals surface area contributed by atoms with Crippen molar-refractivity contribution in [2.45, 2.75) is 33.7 Å². The summed E-state index contributed by atoms with van der Waals surface area (Å²) in [5, 5.41) is 16.5. The quantitative estimate of drug-likeness (QED) is 0.376. The molecule has 0 bridgehead atoms. The number of carbonyl (C=O) groups is 1. The molecule has 0 aliphatic rings. The molecule has 0 heterocycles. The fraction of sp³-hybridized carbons (Fsp3) is 0.250. The number of nitrogens with one attached hydrogen (secondary N) is 2. The van der Waals surface area contributed by atoms with Crippen LogP contribution in [0.3, 0.4) is 0 Å². The minimum absolute atomic E-state index is 0.0997. The maximum atomic E-state index is 11.7. The van der Waals surface area contributed by atoms with Gasteiger partial charge >= 0.3 is 0 Å². The first kappa shape index (κ1) is 23.7. The second kappa shape index (κ2) is 13.0. The zero-order chi connectivity index (χ0) is 20.1.